The van der Waals surface area contributed by atoms with Crippen LogP contribution in [0.3, 0.4) is 0 Å². The maximum atomic E-state index is 6.19. The number of rotatable bonds is 4. The van der Waals surface area contributed by atoms with E-state index < -0.39 is 0 Å². The van der Waals surface area contributed by atoms with Crippen LogP contribution in [0.5, 0.6) is 0 Å². The van der Waals surface area contributed by atoms with E-state index in [1.165, 1.54) is 11.3 Å². The molecule has 0 fully saturated rings. The fourth-order valence-electron chi connectivity index (χ4n) is 1.56. The largest absolute Gasteiger partial charge is 0.420 e. The van der Waals surface area contributed by atoms with Gasteiger partial charge < -0.3 is 9.73 Å². The van der Waals surface area contributed by atoms with Crippen LogP contribution in [0.25, 0.3) is 10.8 Å². The lowest BCUT2D eigenvalue weighted by Crippen LogP contribution is -2.37. The molecule has 0 saturated carbocycles. The Labute approximate surface area is 122 Å². The molecule has 0 aliphatic rings. The van der Waals surface area contributed by atoms with Crippen LogP contribution >= 0.6 is 22.9 Å². The third kappa shape index (κ3) is 3.78. The molecule has 0 radical (unpaired) electrons. The number of aryl methyl sites for hydroxylation is 1. The average Bonchev–Trinajstić information content (AvgIpc) is 2.86. The van der Waals surface area contributed by atoms with E-state index in [0.29, 0.717) is 23.2 Å². The molecule has 19 heavy (non-hydrogen) atoms. The molecule has 0 aliphatic heterocycles. The molecule has 0 unspecified atom stereocenters. The van der Waals surface area contributed by atoms with E-state index in [4.69, 9.17) is 16.0 Å². The van der Waals surface area contributed by atoms with E-state index >= 15 is 0 Å². The zero-order valence-electron chi connectivity index (χ0n) is 11.6. The maximum absolute atomic E-state index is 6.19. The Bertz CT molecular complexity index is 556. The number of halogens is 1. The maximum Gasteiger partial charge on any atom is 0.259 e. The van der Waals surface area contributed by atoms with Crippen LogP contribution in [0.1, 0.15) is 32.2 Å². The Kier molecular flexibility index (Phi) is 4.28. The molecule has 0 aromatic carbocycles. The fraction of sp³-hybridized carbons (Fsp3) is 0.538. The van der Waals surface area contributed by atoms with Gasteiger partial charge in [0, 0.05) is 18.5 Å². The van der Waals surface area contributed by atoms with Gasteiger partial charge in [0.05, 0.1) is 5.02 Å². The zero-order valence-corrected chi connectivity index (χ0v) is 13.2. The molecule has 0 aliphatic carbocycles. The molecule has 2 aromatic rings. The number of nitrogens with one attached hydrogen (secondary N) is 1. The van der Waals surface area contributed by atoms with Crippen molar-refractivity contribution in [3.05, 3.63) is 21.9 Å². The molecule has 0 spiro atoms. The summed E-state index contributed by atoms with van der Waals surface area (Å²) < 4.78 is 5.64. The van der Waals surface area contributed by atoms with Crippen LogP contribution < -0.4 is 5.32 Å². The second-order valence-corrected chi connectivity index (χ2v) is 6.75. The minimum atomic E-state index is 0.0943. The second kappa shape index (κ2) is 5.61. The summed E-state index contributed by atoms with van der Waals surface area (Å²) in [6.07, 6.45) is 0.715. The van der Waals surface area contributed by atoms with Crippen LogP contribution in [-0.4, -0.2) is 22.3 Å². The molecule has 0 bridgehead atoms. The second-order valence-electron chi connectivity index (χ2n) is 5.49. The number of thiophene rings is 1. The lowest BCUT2D eigenvalue weighted by Gasteiger charge is -2.19. The topological polar surface area (TPSA) is 51.0 Å². The average molecular weight is 300 g/mol. The smallest absolute Gasteiger partial charge is 0.259 e. The first-order chi connectivity index (χ1) is 8.87. The van der Waals surface area contributed by atoms with E-state index in [9.17, 15) is 0 Å². The molecule has 2 aromatic heterocycles. The van der Waals surface area contributed by atoms with Gasteiger partial charge in [-0.1, -0.05) is 11.6 Å². The molecule has 4 nitrogen and oxygen atoms in total. The summed E-state index contributed by atoms with van der Waals surface area (Å²) in [5, 5.41) is 14.2. The van der Waals surface area contributed by atoms with Gasteiger partial charge in [-0.25, -0.2) is 0 Å². The van der Waals surface area contributed by atoms with Gasteiger partial charge in [-0.2, -0.15) is 0 Å². The molecular weight excluding hydrogens is 282 g/mol. The van der Waals surface area contributed by atoms with E-state index in [1.54, 1.807) is 0 Å². The van der Waals surface area contributed by atoms with E-state index in [1.807, 2.05) is 12.3 Å². The highest BCUT2D eigenvalue weighted by Crippen LogP contribution is 2.35. The first-order valence-corrected chi connectivity index (χ1v) is 7.44. The molecular formula is C13H18ClN3OS. The monoisotopic (exact) mass is 299 g/mol. The standard InChI is InChI=1S/C13H18ClN3OS/c1-8-7-19-11(10(8)14)12-17-16-9(18-12)5-6-15-13(2,3)4/h7,15H,5-6H2,1-4H3. The Balaban J connectivity index is 2.02. The minimum Gasteiger partial charge on any atom is -0.420 e. The van der Waals surface area contributed by atoms with Gasteiger partial charge in [0.15, 0.2) is 0 Å². The van der Waals surface area contributed by atoms with Crippen molar-refractivity contribution in [3.8, 4) is 10.8 Å². The predicted octanol–water partition coefficient (Wildman–Crippen LogP) is 3.69. The van der Waals surface area contributed by atoms with Crippen molar-refractivity contribution in [1.29, 1.82) is 0 Å². The van der Waals surface area contributed by atoms with Crippen LogP contribution in [0, 0.1) is 6.92 Å². The minimum absolute atomic E-state index is 0.0943. The highest BCUT2D eigenvalue weighted by molar-refractivity contribution is 7.14. The van der Waals surface area contributed by atoms with Gasteiger partial charge in [-0.05, 0) is 38.6 Å². The van der Waals surface area contributed by atoms with Gasteiger partial charge in [0.25, 0.3) is 5.89 Å². The van der Waals surface area contributed by atoms with Crippen LogP contribution in [0.4, 0.5) is 0 Å². The lowest BCUT2D eigenvalue weighted by atomic mass is 10.1. The zero-order chi connectivity index (χ0) is 14.0. The quantitative estimate of drug-likeness (QED) is 0.935. The molecule has 2 rings (SSSR count). The van der Waals surface area contributed by atoms with Crippen LogP contribution in [-0.2, 0) is 6.42 Å². The van der Waals surface area contributed by atoms with E-state index in [0.717, 1.165) is 17.0 Å². The molecule has 0 saturated heterocycles. The van der Waals surface area contributed by atoms with Crippen LogP contribution in [0.15, 0.2) is 9.80 Å². The number of hydrogen-bond acceptors (Lipinski definition) is 5. The van der Waals surface area contributed by atoms with Crippen molar-refractivity contribution in [2.45, 2.75) is 39.7 Å². The highest BCUT2D eigenvalue weighted by Gasteiger charge is 2.16. The predicted molar refractivity (Wildman–Crippen MR) is 78.8 cm³/mol. The summed E-state index contributed by atoms with van der Waals surface area (Å²) in [4.78, 5) is 0.849. The van der Waals surface area contributed by atoms with Crippen molar-refractivity contribution in [2.24, 2.45) is 0 Å². The molecule has 6 heteroatoms. The van der Waals surface area contributed by atoms with Gasteiger partial charge in [0.1, 0.15) is 4.88 Å². The van der Waals surface area contributed by atoms with Gasteiger partial charge in [-0.15, -0.1) is 21.5 Å². The summed E-state index contributed by atoms with van der Waals surface area (Å²) in [6.45, 7) is 9.15. The van der Waals surface area contributed by atoms with Crippen molar-refractivity contribution in [2.75, 3.05) is 6.54 Å². The normalized spacial score (nSPS) is 12.1. The number of aromatic nitrogens is 2. The fourth-order valence-corrected chi connectivity index (χ4v) is 2.76. The summed E-state index contributed by atoms with van der Waals surface area (Å²) in [5.74, 6) is 1.14. The molecule has 0 amide bonds. The van der Waals surface area contributed by atoms with Gasteiger partial charge >= 0.3 is 0 Å². The Hall–Kier alpha value is -0.910. The third-order valence-corrected chi connectivity index (χ3v) is 4.24. The Morgan fingerprint density at radius 3 is 2.68 bits per heavy atom. The molecule has 0 atom stereocenters. The highest BCUT2D eigenvalue weighted by atomic mass is 35.5. The molecule has 1 N–H and O–H groups in total. The summed E-state index contributed by atoms with van der Waals surface area (Å²) >= 11 is 7.71. The van der Waals surface area contributed by atoms with E-state index in [-0.39, 0.29) is 5.54 Å². The van der Waals surface area contributed by atoms with E-state index in [2.05, 4.69) is 36.3 Å². The SMILES string of the molecule is Cc1csc(-c2nnc(CCNC(C)(C)C)o2)c1Cl. The van der Waals surface area contributed by atoms with Gasteiger partial charge in [0.2, 0.25) is 5.89 Å². The third-order valence-electron chi connectivity index (χ3n) is 2.55. The number of nitrogens with zero attached hydrogens (tertiary/aromatic N) is 2. The summed E-state index contributed by atoms with van der Waals surface area (Å²) in [7, 11) is 0. The Morgan fingerprint density at radius 1 is 1.37 bits per heavy atom. The summed E-state index contributed by atoms with van der Waals surface area (Å²) in [6, 6.07) is 0. The summed E-state index contributed by atoms with van der Waals surface area (Å²) in [5.41, 5.74) is 1.13. The van der Waals surface area contributed by atoms with Crippen LogP contribution in [0.2, 0.25) is 5.02 Å². The molecule has 2 heterocycles. The molecule has 104 valence electrons. The van der Waals surface area contributed by atoms with Gasteiger partial charge in [-0.3, -0.25) is 0 Å². The van der Waals surface area contributed by atoms with Crippen molar-refractivity contribution in [1.82, 2.24) is 15.5 Å². The van der Waals surface area contributed by atoms with Crippen molar-refractivity contribution < 1.29 is 4.42 Å². The first kappa shape index (κ1) is 14.5. The number of hydrogen-bond donors (Lipinski definition) is 1. The van der Waals surface area contributed by atoms with Crippen molar-refractivity contribution >= 4 is 22.9 Å². The Morgan fingerprint density at radius 2 is 2.11 bits per heavy atom. The first-order valence-electron chi connectivity index (χ1n) is 6.18. The van der Waals surface area contributed by atoms with Crippen molar-refractivity contribution in [3.63, 3.8) is 0 Å². The lowest BCUT2D eigenvalue weighted by molar-refractivity contribution is 0.412.